The number of aromatic nitrogens is 2. The van der Waals surface area contributed by atoms with Crippen LogP contribution in [0.3, 0.4) is 0 Å². The maximum atomic E-state index is 10.6. The summed E-state index contributed by atoms with van der Waals surface area (Å²) in [4.78, 5) is 22.2. The Bertz CT molecular complexity index is 494. The van der Waals surface area contributed by atoms with E-state index in [9.17, 15) is 4.79 Å². The van der Waals surface area contributed by atoms with Gasteiger partial charge in [-0.05, 0) is 0 Å². The Morgan fingerprint density at radius 3 is 3.00 bits per heavy atom. The Balaban J connectivity index is 2.58. The zero-order valence-electron chi connectivity index (χ0n) is 7.56. The van der Waals surface area contributed by atoms with E-state index in [-0.39, 0.29) is 17.5 Å². The molecule has 0 unspecified atom stereocenters. The van der Waals surface area contributed by atoms with E-state index < -0.39 is 5.97 Å². The molecule has 7 heteroatoms. The number of carbonyl (C=O) groups is 1. The van der Waals surface area contributed by atoms with E-state index in [1.807, 2.05) is 0 Å². The lowest BCUT2D eigenvalue weighted by molar-refractivity contribution is 0.0690. The largest absolute Gasteiger partial charge is 0.476 e. The Morgan fingerprint density at radius 2 is 2.33 bits per heavy atom. The van der Waals surface area contributed by atoms with Crippen LogP contribution in [0.1, 0.15) is 16.2 Å². The van der Waals surface area contributed by atoms with Gasteiger partial charge in [0.15, 0.2) is 17.5 Å². The van der Waals surface area contributed by atoms with Gasteiger partial charge in [0, 0.05) is 0 Å². The molecule has 7 nitrogen and oxygen atoms in total. The Morgan fingerprint density at radius 1 is 1.60 bits per heavy atom. The molecule has 0 aliphatic carbocycles. The molecule has 2 heterocycles. The highest BCUT2D eigenvalue weighted by molar-refractivity contribution is 5.94. The molecular weight excluding hydrogens is 198 g/mol. The van der Waals surface area contributed by atoms with E-state index in [0.29, 0.717) is 11.4 Å². The Hall–Kier alpha value is -2.44. The molecule has 1 aliphatic rings. The van der Waals surface area contributed by atoms with Gasteiger partial charge in [0.1, 0.15) is 5.69 Å². The van der Waals surface area contributed by atoms with Crippen molar-refractivity contribution in [2.45, 2.75) is 0 Å². The molecule has 0 amide bonds. The van der Waals surface area contributed by atoms with E-state index in [0.717, 1.165) is 6.20 Å². The summed E-state index contributed by atoms with van der Waals surface area (Å²) in [6, 6.07) is 0. The number of fused-ring (bicyclic) bond motifs is 1. The molecular formula is C8H7N5O2. The zero-order valence-corrected chi connectivity index (χ0v) is 7.56. The predicted molar refractivity (Wildman–Crippen MR) is 52.4 cm³/mol. The van der Waals surface area contributed by atoms with Crippen LogP contribution in [-0.2, 0) is 0 Å². The van der Waals surface area contributed by atoms with E-state index in [1.165, 1.54) is 0 Å². The maximum absolute atomic E-state index is 10.6. The molecule has 0 atom stereocenters. The second-order valence-electron chi connectivity index (χ2n) is 2.83. The molecule has 15 heavy (non-hydrogen) atoms. The quantitative estimate of drug-likeness (QED) is 0.579. The second-order valence-corrected chi connectivity index (χ2v) is 2.83. The molecule has 1 aliphatic heterocycles. The normalized spacial score (nSPS) is 13.9. The third-order valence-corrected chi connectivity index (χ3v) is 1.76. The number of nitrogens with zero attached hydrogens (tertiary/aromatic N) is 3. The summed E-state index contributed by atoms with van der Waals surface area (Å²) in [5.74, 6) is -0.730. The van der Waals surface area contributed by atoms with Crippen LogP contribution in [0.4, 0.5) is 5.82 Å². The molecule has 76 valence electrons. The third kappa shape index (κ3) is 1.50. The number of carboxylic acids is 1. The standard InChI is InChI=1S/C8H7N5O2/c1-3-5-6(13-8(9)11-3)10-2-4(12-5)7(14)15/h2H,1H2,(H,14,15)(H3,9,10,11,13). The van der Waals surface area contributed by atoms with Crippen molar-refractivity contribution in [1.29, 1.82) is 0 Å². The molecule has 2 rings (SSSR count). The smallest absolute Gasteiger partial charge is 0.356 e. The van der Waals surface area contributed by atoms with Crippen LogP contribution < -0.4 is 11.1 Å². The topological polar surface area (TPSA) is 113 Å². The first-order valence-corrected chi connectivity index (χ1v) is 3.98. The Labute approximate surface area is 84.4 Å². The fourth-order valence-corrected chi connectivity index (χ4v) is 1.13. The van der Waals surface area contributed by atoms with Crippen molar-refractivity contribution in [3.63, 3.8) is 0 Å². The summed E-state index contributed by atoms with van der Waals surface area (Å²) in [5, 5.41) is 11.4. The minimum atomic E-state index is -1.15. The first-order chi connectivity index (χ1) is 7.08. The average molecular weight is 205 g/mol. The summed E-state index contributed by atoms with van der Waals surface area (Å²) in [5.41, 5.74) is 5.95. The van der Waals surface area contributed by atoms with E-state index >= 15 is 0 Å². The number of hydrogen-bond donors (Lipinski definition) is 3. The molecule has 0 aromatic carbocycles. The summed E-state index contributed by atoms with van der Waals surface area (Å²) in [6.07, 6.45) is 1.12. The van der Waals surface area contributed by atoms with Gasteiger partial charge in [0.05, 0.1) is 11.9 Å². The fourth-order valence-electron chi connectivity index (χ4n) is 1.13. The number of guanidine groups is 1. The lowest BCUT2D eigenvalue weighted by Gasteiger charge is -2.15. The van der Waals surface area contributed by atoms with Crippen molar-refractivity contribution < 1.29 is 9.90 Å². The molecule has 0 bridgehead atoms. The minimum absolute atomic E-state index is 0.157. The highest BCUT2D eigenvalue weighted by Crippen LogP contribution is 2.22. The molecule has 0 radical (unpaired) electrons. The lowest BCUT2D eigenvalue weighted by Crippen LogP contribution is -2.32. The Kier molecular flexibility index (Phi) is 1.86. The molecule has 1 aromatic heterocycles. The van der Waals surface area contributed by atoms with Gasteiger partial charge in [-0.3, -0.25) is 0 Å². The molecule has 4 N–H and O–H groups in total. The highest BCUT2D eigenvalue weighted by Gasteiger charge is 2.18. The van der Waals surface area contributed by atoms with Crippen molar-refractivity contribution in [2.24, 2.45) is 10.7 Å². The van der Waals surface area contributed by atoms with Crippen LogP contribution in [0.2, 0.25) is 0 Å². The second kappa shape index (κ2) is 3.05. The van der Waals surface area contributed by atoms with Gasteiger partial charge in [-0.25, -0.2) is 14.8 Å². The third-order valence-electron chi connectivity index (χ3n) is 1.76. The number of rotatable bonds is 1. The molecule has 1 aromatic rings. The summed E-state index contributed by atoms with van der Waals surface area (Å²) in [7, 11) is 0. The fraction of sp³-hybridized carbons (Fsp3) is 0. The van der Waals surface area contributed by atoms with Gasteiger partial charge >= 0.3 is 5.97 Å². The summed E-state index contributed by atoms with van der Waals surface area (Å²) < 4.78 is 0. The number of aromatic carboxylic acids is 1. The van der Waals surface area contributed by atoms with Gasteiger partial charge in [0.25, 0.3) is 0 Å². The molecule has 0 fully saturated rings. The number of carboxylic acid groups (broad SMARTS) is 1. The van der Waals surface area contributed by atoms with Crippen molar-refractivity contribution in [3.8, 4) is 0 Å². The zero-order chi connectivity index (χ0) is 11.0. The summed E-state index contributed by atoms with van der Waals surface area (Å²) in [6.45, 7) is 3.64. The van der Waals surface area contributed by atoms with Crippen LogP contribution in [0.25, 0.3) is 5.70 Å². The molecule has 0 saturated heterocycles. The van der Waals surface area contributed by atoms with Crippen LogP contribution in [0.15, 0.2) is 17.8 Å². The van der Waals surface area contributed by atoms with Crippen molar-refractivity contribution in [2.75, 3.05) is 0 Å². The van der Waals surface area contributed by atoms with E-state index in [4.69, 9.17) is 10.8 Å². The number of aliphatic imine (C=N–C) groups is 1. The van der Waals surface area contributed by atoms with Crippen LogP contribution in [0.5, 0.6) is 0 Å². The SMILES string of the molecule is C=C1NC(N)=Nc2ncc(C(=O)O)nc21. The monoisotopic (exact) mass is 205 g/mol. The lowest BCUT2D eigenvalue weighted by atomic mass is 10.3. The summed E-state index contributed by atoms with van der Waals surface area (Å²) >= 11 is 0. The first-order valence-electron chi connectivity index (χ1n) is 3.98. The van der Waals surface area contributed by atoms with E-state index in [2.05, 4.69) is 26.9 Å². The van der Waals surface area contributed by atoms with Gasteiger partial charge in [0.2, 0.25) is 0 Å². The maximum Gasteiger partial charge on any atom is 0.356 e. The van der Waals surface area contributed by atoms with Crippen molar-refractivity contribution in [3.05, 3.63) is 24.2 Å². The van der Waals surface area contributed by atoms with Crippen LogP contribution in [0, 0.1) is 0 Å². The average Bonchev–Trinajstić information content (AvgIpc) is 2.16. The minimum Gasteiger partial charge on any atom is -0.476 e. The molecule has 0 saturated carbocycles. The van der Waals surface area contributed by atoms with Crippen LogP contribution in [-0.4, -0.2) is 27.0 Å². The van der Waals surface area contributed by atoms with Crippen molar-refractivity contribution >= 4 is 23.4 Å². The number of nitrogens with two attached hydrogens (primary N) is 1. The van der Waals surface area contributed by atoms with Gasteiger partial charge < -0.3 is 16.2 Å². The van der Waals surface area contributed by atoms with Gasteiger partial charge in [-0.2, -0.15) is 4.99 Å². The van der Waals surface area contributed by atoms with Gasteiger partial charge in [-0.1, -0.05) is 6.58 Å². The van der Waals surface area contributed by atoms with Crippen molar-refractivity contribution in [1.82, 2.24) is 15.3 Å². The first kappa shape index (κ1) is 9.13. The molecule has 0 spiro atoms. The highest BCUT2D eigenvalue weighted by atomic mass is 16.4. The number of hydrogen-bond acceptors (Lipinski definition) is 6. The van der Waals surface area contributed by atoms with Gasteiger partial charge in [-0.15, -0.1) is 0 Å². The predicted octanol–water partition coefficient (Wildman–Crippen LogP) is -0.305. The van der Waals surface area contributed by atoms with E-state index in [1.54, 1.807) is 0 Å². The number of nitrogens with one attached hydrogen (secondary N) is 1. The van der Waals surface area contributed by atoms with Crippen LogP contribution >= 0.6 is 0 Å².